The lowest BCUT2D eigenvalue weighted by Gasteiger charge is -2.11. The van der Waals surface area contributed by atoms with Crippen LogP contribution in [0.3, 0.4) is 0 Å². The smallest absolute Gasteiger partial charge is 0.257 e. The number of amides is 1. The SMILES string of the molecule is Cc1ccc2nc(-c3ccc(NC(=O)c4ccc(OC5CCSC5)nc4)cc3)sc2c1. The van der Waals surface area contributed by atoms with Crippen LogP contribution in [0.4, 0.5) is 5.69 Å². The van der Waals surface area contributed by atoms with Crippen molar-refractivity contribution in [2.24, 2.45) is 0 Å². The van der Waals surface area contributed by atoms with Crippen molar-refractivity contribution in [1.82, 2.24) is 9.97 Å². The Labute approximate surface area is 188 Å². The topological polar surface area (TPSA) is 64.1 Å². The van der Waals surface area contributed by atoms with Crippen molar-refractivity contribution in [3.05, 3.63) is 71.9 Å². The second-order valence-electron chi connectivity index (χ2n) is 7.51. The van der Waals surface area contributed by atoms with E-state index in [1.807, 2.05) is 36.0 Å². The number of carbonyl (C=O) groups is 1. The summed E-state index contributed by atoms with van der Waals surface area (Å²) in [6.07, 6.45) is 2.82. The second-order valence-corrected chi connectivity index (χ2v) is 9.69. The zero-order valence-electron chi connectivity index (χ0n) is 17.0. The van der Waals surface area contributed by atoms with E-state index in [9.17, 15) is 4.79 Å². The molecule has 1 aliphatic heterocycles. The maximum atomic E-state index is 12.6. The molecule has 0 bridgehead atoms. The van der Waals surface area contributed by atoms with Gasteiger partial charge in [-0.25, -0.2) is 9.97 Å². The van der Waals surface area contributed by atoms with Gasteiger partial charge in [-0.1, -0.05) is 6.07 Å². The minimum absolute atomic E-state index is 0.196. The molecule has 156 valence electrons. The van der Waals surface area contributed by atoms with Crippen molar-refractivity contribution in [2.75, 3.05) is 16.8 Å². The maximum Gasteiger partial charge on any atom is 0.257 e. The van der Waals surface area contributed by atoms with Gasteiger partial charge < -0.3 is 10.1 Å². The molecule has 3 heterocycles. The van der Waals surface area contributed by atoms with E-state index in [0.717, 1.165) is 39.7 Å². The van der Waals surface area contributed by atoms with Gasteiger partial charge in [-0.15, -0.1) is 11.3 Å². The van der Waals surface area contributed by atoms with E-state index in [-0.39, 0.29) is 12.0 Å². The van der Waals surface area contributed by atoms with Crippen molar-refractivity contribution in [3.63, 3.8) is 0 Å². The Morgan fingerprint density at radius 1 is 1.13 bits per heavy atom. The first kappa shape index (κ1) is 20.0. The number of carbonyl (C=O) groups excluding carboxylic acids is 1. The van der Waals surface area contributed by atoms with E-state index < -0.39 is 0 Å². The van der Waals surface area contributed by atoms with Crippen LogP contribution in [0.25, 0.3) is 20.8 Å². The monoisotopic (exact) mass is 447 g/mol. The number of thiazole rings is 1. The highest BCUT2D eigenvalue weighted by Gasteiger charge is 2.17. The molecule has 2 aromatic heterocycles. The second kappa shape index (κ2) is 8.69. The highest BCUT2D eigenvalue weighted by Crippen LogP contribution is 2.31. The number of rotatable bonds is 5. The molecule has 1 amide bonds. The number of ether oxygens (including phenoxy) is 1. The fraction of sp³-hybridized carbons (Fsp3) is 0.208. The van der Waals surface area contributed by atoms with E-state index in [4.69, 9.17) is 9.72 Å². The average Bonchev–Trinajstić information content (AvgIpc) is 3.44. The Morgan fingerprint density at radius 2 is 2.00 bits per heavy atom. The summed E-state index contributed by atoms with van der Waals surface area (Å²) in [4.78, 5) is 21.6. The van der Waals surface area contributed by atoms with Crippen LogP contribution in [0.5, 0.6) is 5.88 Å². The highest BCUT2D eigenvalue weighted by molar-refractivity contribution is 7.99. The van der Waals surface area contributed by atoms with Gasteiger partial charge in [0.05, 0.1) is 15.8 Å². The number of pyridine rings is 1. The van der Waals surface area contributed by atoms with E-state index in [2.05, 4.69) is 35.4 Å². The molecule has 7 heteroatoms. The van der Waals surface area contributed by atoms with Crippen LogP contribution in [0, 0.1) is 6.92 Å². The first-order valence-electron chi connectivity index (χ1n) is 10.1. The largest absolute Gasteiger partial charge is 0.473 e. The van der Waals surface area contributed by atoms with Crippen LogP contribution >= 0.6 is 23.1 Å². The van der Waals surface area contributed by atoms with Crippen molar-refractivity contribution >= 4 is 44.9 Å². The van der Waals surface area contributed by atoms with E-state index >= 15 is 0 Å². The summed E-state index contributed by atoms with van der Waals surface area (Å²) in [5.74, 6) is 2.50. The van der Waals surface area contributed by atoms with Crippen molar-refractivity contribution in [2.45, 2.75) is 19.4 Å². The molecule has 0 aliphatic carbocycles. The lowest BCUT2D eigenvalue weighted by atomic mass is 10.2. The normalized spacial score (nSPS) is 15.8. The van der Waals surface area contributed by atoms with Crippen LogP contribution in [-0.4, -0.2) is 33.5 Å². The van der Waals surface area contributed by atoms with E-state index in [1.165, 1.54) is 10.3 Å². The van der Waals surface area contributed by atoms with Crippen LogP contribution in [0.1, 0.15) is 22.3 Å². The van der Waals surface area contributed by atoms with Crippen LogP contribution in [0.15, 0.2) is 60.8 Å². The molecule has 5 rings (SSSR count). The van der Waals surface area contributed by atoms with Crippen molar-refractivity contribution in [3.8, 4) is 16.5 Å². The molecule has 1 fully saturated rings. The Hall–Kier alpha value is -2.90. The van der Waals surface area contributed by atoms with E-state index in [1.54, 1.807) is 29.7 Å². The maximum absolute atomic E-state index is 12.6. The molecule has 4 aromatic rings. The third kappa shape index (κ3) is 4.57. The van der Waals surface area contributed by atoms with Crippen LogP contribution < -0.4 is 10.1 Å². The number of hydrogen-bond donors (Lipinski definition) is 1. The summed E-state index contributed by atoms with van der Waals surface area (Å²) in [7, 11) is 0. The first-order chi connectivity index (χ1) is 15.1. The molecular formula is C24H21N3O2S2. The number of benzene rings is 2. The number of hydrogen-bond acceptors (Lipinski definition) is 6. The first-order valence-corrected chi connectivity index (χ1v) is 12.1. The molecule has 0 saturated carbocycles. The van der Waals surface area contributed by atoms with Gasteiger partial charge in [0.25, 0.3) is 5.91 Å². The third-order valence-electron chi connectivity index (χ3n) is 5.11. The van der Waals surface area contributed by atoms with Gasteiger partial charge in [-0.2, -0.15) is 11.8 Å². The number of fused-ring (bicyclic) bond motifs is 1. The Morgan fingerprint density at radius 3 is 2.74 bits per heavy atom. The molecule has 0 spiro atoms. The lowest BCUT2D eigenvalue weighted by molar-refractivity contribution is 0.102. The van der Waals surface area contributed by atoms with Crippen molar-refractivity contribution < 1.29 is 9.53 Å². The number of nitrogens with one attached hydrogen (secondary N) is 1. The minimum Gasteiger partial charge on any atom is -0.473 e. The molecule has 1 unspecified atom stereocenters. The summed E-state index contributed by atoms with van der Waals surface area (Å²) < 4.78 is 7.02. The summed E-state index contributed by atoms with van der Waals surface area (Å²) in [6, 6.07) is 17.5. The standard InChI is InChI=1S/C24H21N3O2S2/c1-15-2-8-20-21(12-15)31-24(27-20)16-3-6-18(7-4-16)26-23(28)17-5-9-22(25-13-17)29-19-10-11-30-14-19/h2-9,12-13,19H,10-11,14H2,1H3,(H,26,28). The average molecular weight is 448 g/mol. The number of nitrogens with zero attached hydrogens (tertiary/aromatic N) is 2. The Balaban J connectivity index is 1.25. The molecular weight excluding hydrogens is 426 g/mol. The Kier molecular flexibility index (Phi) is 5.61. The summed E-state index contributed by atoms with van der Waals surface area (Å²) in [5.41, 5.74) is 4.50. The molecule has 5 nitrogen and oxygen atoms in total. The molecule has 0 radical (unpaired) electrons. The summed E-state index contributed by atoms with van der Waals surface area (Å²) >= 11 is 3.57. The number of aryl methyl sites for hydroxylation is 1. The zero-order chi connectivity index (χ0) is 21.2. The fourth-order valence-corrected chi connectivity index (χ4v) is 5.58. The summed E-state index contributed by atoms with van der Waals surface area (Å²) in [6.45, 7) is 2.08. The molecule has 2 aromatic carbocycles. The Bertz CT molecular complexity index is 1210. The fourth-order valence-electron chi connectivity index (χ4n) is 3.42. The van der Waals surface area contributed by atoms with Crippen molar-refractivity contribution in [1.29, 1.82) is 0 Å². The summed E-state index contributed by atoms with van der Waals surface area (Å²) in [5, 5.41) is 3.89. The van der Waals surface area contributed by atoms with E-state index in [0.29, 0.717) is 11.4 Å². The predicted octanol–water partition coefficient (Wildman–Crippen LogP) is 5.80. The lowest BCUT2D eigenvalue weighted by Crippen LogP contribution is -2.16. The van der Waals surface area contributed by atoms with Gasteiger partial charge in [0.1, 0.15) is 11.1 Å². The third-order valence-corrected chi connectivity index (χ3v) is 7.31. The van der Waals surface area contributed by atoms with Gasteiger partial charge in [-0.05, 0) is 67.1 Å². The molecule has 31 heavy (non-hydrogen) atoms. The van der Waals surface area contributed by atoms with Gasteiger partial charge in [-0.3, -0.25) is 4.79 Å². The molecule has 1 aliphatic rings. The predicted molar refractivity (Wildman–Crippen MR) is 128 cm³/mol. The van der Waals surface area contributed by atoms with Gasteiger partial charge in [0.15, 0.2) is 0 Å². The number of aromatic nitrogens is 2. The number of thioether (sulfide) groups is 1. The molecule has 1 saturated heterocycles. The minimum atomic E-state index is -0.196. The van der Waals surface area contributed by atoms with Gasteiger partial charge in [0, 0.05) is 29.3 Å². The van der Waals surface area contributed by atoms with Crippen LogP contribution in [0.2, 0.25) is 0 Å². The molecule has 1 atom stereocenters. The quantitative estimate of drug-likeness (QED) is 0.419. The number of anilines is 1. The van der Waals surface area contributed by atoms with Crippen LogP contribution in [-0.2, 0) is 0 Å². The molecule has 1 N–H and O–H groups in total. The highest BCUT2D eigenvalue weighted by atomic mass is 32.2. The van der Waals surface area contributed by atoms with Gasteiger partial charge in [0.2, 0.25) is 5.88 Å². The van der Waals surface area contributed by atoms with Gasteiger partial charge >= 0.3 is 0 Å². The zero-order valence-corrected chi connectivity index (χ0v) is 18.6.